The van der Waals surface area contributed by atoms with Crippen molar-refractivity contribution in [3.8, 4) is 5.69 Å². The summed E-state index contributed by atoms with van der Waals surface area (Å²) in [4.78, 5) is 29.3. The molecule has 1 amide bonds. The lowest BCUT2D eigenvalue weighted by Crippen LogP contribution is -2.36. The Balaban J connectivity index is 1.60. The molecule has 0 saturated heterocycles. The van der Waals surface area contributed by atoms with Crippen LogP contribution in [0, 0.1) is 10.1 Å². The van der Waals surface area contributed by atoms with Crippen molar-refractivity contribution in [1.82, 2.24) is 19.7 Å². The number of benzene rings is 1. The summed E-state index contributed by atoms with van der Waals surface area (Å²) in [7, 11) is 0. The normalized spacial score (nSPS) is 13.3. The summed E-state index contributed by atoms with van der Waals surface area (Å²) in [5, 5.41) is 15.5. The van der Waals surface area contributed by atoms with E-state index in [9.17, 15) is 14.9 Å². The second-order valence-electron chi connectivity index (χ2n) is 6.20. The van der Waals surface area contributed by atoms with E-state index >= 15 is 0 Å². The van der Waals surface area contributed by atoms with Gasteiger partial charge in [-0.1, -0.05) is 12.1 Å². The maximum absolute atomic E-state index is 12.8. The van der Waals surface area contributed by atoms with Crippen LogP contribution in [0.25, 0.3) is 5.69 Å². The van der Waals surface area contributed by atoms with Crippen molar-refractivity contribution in [3.63, 3.8) is 0 Å². The number of hydrogen-bond donors (Lipinski definition) is 1. The molecule has 2 N–H and O–H groups in total. The van der Waals surface area contributed by atoms with Crippen LogP contribution in [-0.2, 0) is 13.0 Å². The van der Waals surface area contributed by atoms with E-state index in [4.69, 9.17) is 5.73 Å². The minimum absolute atomic E-state index is 0.0784. The first-order valence-corrected chi connectivity index (χ1v) is 8.35. The number of fused-ring (bicyclic) bond motifs is 1. The molecule has 0 spiro atoms. The summed E-state index contributed by atoms with van der Waals surface area (Å²) in [5.41, 5.74) is 8.33. The smallest absolute Gasteiger partial charge is 0.294 e. The molecule has 3 aromatic rings. The number of nitro benzene ring substituents is 1. The predicted molar refractivity (Wildman–Crippen MR) is 97.3 cm³/mol. The number of carbonyl (C=O) groups is 1. The number of nitro groups is 1. The van der Waals surface area contributed by atoms with Gasteiger partial charge in [0.25, 0.3) is 11.6 Å². The zero-order chi connectivity index (χ0) is 19.0. The highest BCUT2D eigenvalue weighted by Crippen LogP contribution is 2.25. The number of nitrogens with zero attached hydrogens (tertiary/aromatic N) is 5. The molecule has 9 nitrogen and oxygen atoms in total. The van der Waals surface area contributed by atoms with Gasteiger partial charge in [0, 0.05) is 37.1 Å². The van der Waals surface area contributed by atoms with Gasteiger partial charge in [-0.25, -0.2) is 9.67 Å². The maximum atomic E-state index is 12.8. The van der Waals surface area contributed by atoms with Crippen LogP contribution in [0.1, 0.15) is 21.6 Å². The van der Waals surface area contributed by atoms with Crippen LogP contribution in [0.15, 0.2) is 48.8 Å². The molecule has 0 bridgehead atoms. The number of aromatic nitrogens is 3. The lowest BCUT2D eigenvalue weighted by atomic mass is 10.0. The van der Waals surface area contributed by atoms with Crippen LogP contribution in [0.3, 0.4) is 0 Å². The number of amides is 1. The molecular formula is C18H16N6O3. The van der Waals surface area contributed by atoms with Gasteiger partial charge in [-0.3, -0.25) is 14.9 Å². The fourth-order valence-electron chi connectivity index (χ4n) is 3.21. The van der Waals surface area contributed by atoms with Crippen molar-refractivity contribution in [2.24, 2.45) is 0 Å². The van der Waals surface area contributed by atoms with Gasteiger partial charge < -0.3 is 10.6 Å². The van der Waals surface area contributed by atoms with E-state index in [-0.39, 0.29) is 17.3 Å². The van der Waals surface area contributed by atoms with Crippen molar-refractivity contribution in [3.05, 3.63) is 75.7 Å². The Kier molecular flexibility index (Phi) is 4.03. The summed E-state index contributed by atoms with van der Waals surface area (Å²) in [6.07, 6.45) is 3.90. The average Bonchev–Trinajstić information content (AvgIpc) is 3.17. The zero-order valence-electron chi connectivity index (χ0n) is 14.3. The van der Waals surface area contributed by atoms with E-state index in [1.807, 2.05) is 6.07 Å². The fourth-order valence-corrected chi connectivity index (χ4v) is 3.21. The molecule has 136 valence electrons. The van der Waals surface area contributed by atoms with Gasteiger partial charge >= 0.3 is 0 Å². The Bertz CT molecular complexity index is 1050. The van der Waals surface area contributed by atoms with Crippen molar-refractivity contribution in [2.75, 3.05) is 12.3 Å². The van der Waals surface area contributed by atoms with Gasteiger partial charge in [-0.15, -0.1) is 0 Å². The summed E-state index contributed by atoms with van der Waals surface area (Å²) < 4.78 is 1.35. The minimum atomic E-state index is -0.476. The Morgan fingerprint density at radius 3 is 2.85 bits per heavy atom. The van der Waals surface area contributed by atoms with Gasteiger partial charge in [0.15, 0.2) is 5.69 Å². The highest BCUT2D eigenvalue weighted by Gasteiger charge is 2.25. The van der Waals surface area contributed by atoms with Gasteiger partial charge in [0.1, 0.15) is 11.5 Å². The molecular weight excluding hydrogens is 348 g/mol. The van der Waals surface area contributed by atoms with Crippen LogP contribution >= 0.6 is 0 Å². The Morgan fingerprint density at radius 2 is 2.04 bits per heavy atom. The lowest BCUT2D eigenvalue weighted by molar-refractivity contribution is -0.384. The highest BCUT2D eigenvalue weighted by atomic mass is 16.6. The molecule has 9 heteroatoms. The van der Waals surface area contributed by atoms with E-state index < -0.39 is 4.92 Å². The van der Waals surface area contributed by atoms with Crippen LogP contribution in [0.4, 0.5) is 11.5 Å². The van der Waals surface area contributed by atoms with Gasteiger partial charge in [0.05, 0.1) is 4.92 Å². The molecule has 0 unspecified atom stereocenters. The van der Waals surface area contributed by atoms with E-state index in [0.717, 1.165) is 11.1 Å². The number of carbonyl (C=O) groups excluding carboxylic acids is 1. The van der Waals surface area contributed by atoms with Crippen molar-refractivity contribution in [2.45, 2.75) is 13.0 Å². The van der Waals surface area contributed by atoms with Gasteiger partial charge in [-0.2, -0.15) is 5.10 Å². The largest absolute Gasteiger partial charge is 0.383 e. The summed E-state index contributed by atoms with van der Waals surface area (Å²) in [6.45, 7) is 0.916. The molecule has 0 aliphatic carbocycles. The van der Waals surface area contributed by atoms with Crippen molar-refractivity contribution >= 4 is 17.4 Å². The number of nitrogen functional groups attached to an aromatic ring is 1. The van der Waals surface area contributed by atoms with Crippen LogP contribution < -0.4 is 5.73 Å². The zero-order valence-corrected chi connectivity index (χ0v) is 14.3. The molecule has 0 atom stereocenters. The number of para-hydroxylation sites is 2. The molecule has 2 aromatic heterocycles. The number of rotatable bonds is 3. The van der Waals surface area contributed by atoms with Crippen molar-refractivity contribution < 1.29 is 9.72 Å². The minimum Gasteiger partial charge on any atom is -0.383 e. The predicted octanol–water partition coefficient (Wildman–Crippen LogP) is 1.96. The third kappa shape index (κ3) is 2.99. The Labute approximate surface area is 154 Å². The molecule has 27 heavy (non-hydrogen) atoms. The topological polar surface area (TPSA) is 120 Å². The van der Waals surface area contributed by atoms with Gasteiger partial charge in [-0.05, 0) is 30.2 Å². The highest BCUT2D eigenvalue weighted by molar-refractivity contribution is 5.92. The second kappa shape index (κ2) is 6.52. The standard InChI is InChI=1S/C18H16N6O3/c19-17-13-11-22(9-6-12(13)5-8-20-17)18(25)14-7-10-23(21-14)15-3-1-2-4-16(15)24(26)27/h1-5,7-8,10H,6,9,11H2,(H2,19,20). The summed E-state index contributed by atoms with van der Waals surface area (Å²) >= 11 is 0. The summed E-state index contributed by atoms with van der Waals surface area (Å²) in [5.74, 6) is 0.177. The molecule has 3 heterocycles. The number of anilines is 1. The molecule has 0 saturated carbocycles. The molecule has 1 aromatic carbocycles. The van der Waals surface area contributed by atoms with E-state index in [2.05, 4.69) is 10.1 Å². The molecule has 4 rings (SSSR count). The average molecular weight is 364 g/mol. The molecule has 0 fully saturated rings. The first-order chi connectivity index (χ1) is 13.0. The molecule has 1 aliphatic rings. The first kappa shape index (κ1) is 16.7. The number of hydrogen-bond acceptors (Lipinski definition) is 6. The maximum Gasteiger partial charge on any atom is 0.294 e. The van der Waals surface area contributed by atoms with E-state index in [0.29, 0.717) is 31.0 Å². The Hall–Kier alpha value is -3.75. The summed E-state index contributed by atoms with van der Waals surface area (Å²) in [6, 6.07) is 9.72. The van der Waals surface area contributed by atoms with Crippen LogP contribution in [0.2, 0.25) is 0 Å². The van der Waals surface area contributed by atoms with E-state index in [1.54, 1.807) is 41.6 Å². The van der Waals surface area contributed by atoms with Gasteiger partial charge in [0.2, 0.25) is 0 Å². The van der Waals surface area contributed by atoms with Crippen LogP contribution in [0.5, 0.6) is 0 Å². The number of nitrogens with two attached hydrogens (primary N) is 1. The number of pyridine rings is 1. The monoisotopic (exact) mass is 364 g/mol. The quantitative estimate of drug-likeness (QED) is 0.560. The van der Waals surface area contributed by atoms with E-state index in [1.165, 1.54) is 10.7 Å². The molecule has 1 aliphatic heterocycles. The first-order valence-electron chi connectivity index (χ1n) is 8.35. The van der Waals surface area contributed by atoms with Crippen molar-refractivity contribution in [1.29, 1.82) is 0 Å². The Morgan fingerprint density at radius 1 is 1.22 bits per heavy atom. The SMILES string of the molecule is Nc1nccc2c1CN(C(=O)c1ccn(-c3ccccc3[N+](=O)[O-])n1)CC2. The fraction of sp³-hybridized carbons (Fsp3) is 0.167. The molecule has 0 radical (unpaired) electrons. The third-order valence-corrected chi connectivity index (χ3v) is 4.61. The van der Waals surface area contributed by atoms with Crippen LogP contribution in [-0.4, -0.2) is 37.0 Å². The second-order valence-corrected chi connectivity index (χ2v) is 6.20. The lowest BCUT2D eigenvalue weighted by Gasteiger charge is -2.28. The third-order valence-electron chi connectivity index (χ3n) is 4.61.